The molecule has 0 aliphatic carbocycles. The number of carbonyl (C=O) groups is 1. The molecule has 0 amide bonds. The van der Waals surface area contributed by atoms with E-state index in [2.05, 4.69) is 34.7 Å². The van der Waals surface area contributed by atoms with E-state index in [1.165, 1.54) is 4.88 Å². The molecule has 2 rings (SSSR count). The topological polar surface area (TPSA) is 52.6 Å². The van der Waals surface area contributed by atoms with Crippen LogP contribution in [0.15, 0.2) is 17.5 Å². The third-order valence-electron chi connectivity index (χ3n) is 3.47. The molecule has 0 spiro atoms. The van der Waals surface area contributed by atoms with Crippen molar-refractivity contribution in [3.8, 4) is 0 Å². The minimum Gasteiger partial charge on any atom is -0.480 e. The van der Waals surface area contributed by atoms with Crippen molar-refractivity contribution < 1.29 is 9.90 Å². The molecular formula is C13H21ClN2O2S. The Morgan fingerprint density at radius 3 is 3.05 bits per heavy atom. The van der Waals surface area contributed by atoms with Crippen LogP contribution in [0.25, 0.3) is 0 Å². The summed E-state index contributed by atoms with van der Waals surface area (Å²) in [4.78, 5) is 14.4. The second-order valence-electron chi connectivity index (χ2n) is 5.16. The third kappa shape index (κ3) is 5.10. The molecule has 2 N–H and O–H groups in total. The first-order chi connectivity index (χ1) is 8.57. The Hall–Kier alpha value is -0.620. The Balaban J connectivity index is 0.00000180. The van der Waals surface area contributed by atoms with Gasteiger partial charge in [0.2, 0.25) is 0 Å². The molecule has 108 valence electrons. The van der Waals surface area contributed by atoms with Gasteiger partial charge in [-0.3, -0.25) is 4.79 Å². The molecule has 0 saturated carbocycles. The molecule has 1 aromatic heterocycles. The number of rotatable bonds is 6. The van der Waals surface area contributed by atoms with Crippen LogP contribution in [-0.2, 0) is 11.2 Å². The number of carboxylic acids is 1. The van der Waals surface area contributed by atoms with E-state index in [9.17, 15) is 4.79 Å². The van der Waals surface area contributed by atoms with Crippen LogP contribution >= 0.6 is 23.7 Å². The fourth-order valence-corrected chi connectivity index (χ4v) is 3.10. The average molecular weight is 305 g/mol. The summed E-state index contributed by atoms with van der Waals surface area (Å²) in [6.07, 6.45) is 2.11. The zero-order valence-electron chi connectivity index (χ0n) is 11.1. The first-order valence-corrected chi connectivity index (χ1v) is 7.17. The van der Waals surface area contributed by atoms with Gasteiger partial charge in [-0.1, -0.05) is 6.07 Å². The van der Waals surface area contributed by atoms with Gasteiger partial charge in [-0.2, -0.15) is 0 Å². The van der Waals surface area contributed by atoms with Crippen LogP contribution < -0.4 is 5.32 Å². The van der Waals surface area contributed by atoms with Gasteiger partial charge in [0, 0.05) is 30.1 Å². The van der Waals surface area contributed by atoms with Crippen molar-refractivity contribution in [1.29, 1.82) is 0 Å². The predicted octanol–water partition coefficient (Wildman–Crippen LogP) is 1.85. The highest BCUT2D eigenvalue weighted by Crippen LogP contribution is 2.21. The lowest BCUT2D eigenvalue weighted by Crippen LogP contribution is -2.47. The van der Waals surface area contributed by atoms with E-state index in [-0.39, 0.29) is 24.5 Å². The van der Waals surface area contributed by atoms with Crippen LogP contribution in [0.2, 0.25) is 0 Å². The number of thiophene rings is 1. The highest BCUT2D eigenvalue weighted by atomic mass is 35.5. The molecule has 6 heteroatoms. The minimum atomic E-state index is -0.784. The molecule has 0 radical (unpaired) electrons. The highest BCUT2D eigenvalue weighted by Gasteiger charge is 2.33. The standard InChI is InChI=1S/C13H20N2O2S.ClH/c1-13(14-9-12(16)17)5-7-15(10-13)6-4-11-3-2-8-18-11;/h2-3,8,14H,4-7,9-10H2,1H3,(H,16,17);1H. The molecule has 1 atom stereocenters. The summed E-state index contributed by atoms with van der Waals surface area (Å²) in [6.45, 7) is 5.21. The highest BCUT2D eigenvalue weighted by molar-refractivity contribution is 7.09. The summed E-state index contributed by atoms with van der Waals surface area (Å²) in [5.74, 6) is -0.784. The van der Waals surface area contributed by atoms with Crippen molar-refractivity contribution in [2.75, 3.05) is 26.2 Å². The maximum Gasteiger partial charge on any atom is 0.317 e. The SMILES string of the molecule is CC1(NCC(=O)O)CCN(CCc2cccs2)C1.Cl. The van der Waals surface area contributed by atoms with Gasteiger partial charge < -0.3 is 15.3 Å². The first kappa shape index (κ1) is 16.4. The van der Waals surface area contributed by atoms with Gasteiger partial charge >= 0.3 is 5.97 Å². The zero-order chi connectivity index (χ0) is 13.0. The molecule has 0 aromatic carbocycles. The van der Waals surface area contributed by atoms with Crippen molar-refractivity contribution >= 4 is 29.7 Å². The fourth-order valence-electron chi connectivity index (χ4n) is 2.40. The lowest BCUT2D eigenvalue weighted by atomic mass is 10.0. The number of carboxylic acid groups (broad SMARTS) is 1. The number of nitrogens with one attached hydrogen (secondary N) is 1. The van der Waals surface area contributed by atoms with E-state index < -0.39 is 5.97 Å². The third-order valence-corrected chi connectivity index (χ3v) is 4.41. The van der Waals surface area contributed by atoms with Crippen LogP contribution in [-0.4, -0.2) is 47.7 Å². The summed E-state index contributed by atoms with van der Waals surface area (Å²) >= 11 is 1.80. The van der Waals surface area contributed by atoms with Crippen molar-refractivity contribution in [2.24, 2.45) is 0 Å². The Morgan fingerprint density at radius 2 is 2.42 bits per heavy atom. The molecule has 0 bridgehead atoms. The molecule has 1 aromatic rings. The smallest absolute Gasteiger partial charge is 0.317 e. The maximum atomic E-state index is 10.6. The molecule has 1 saturated heterocycles. The number of hydrogen-bond acceptors (Lipinski definition) is 4. The van der Waals surface area contributed by atoms with Crippen LogP contribution in [0.5, 0.6) is 0 Å². The molecule has 1 aliphatic rings. The number of halogens is 1. The fraction of sp³-hybridized carbons (Fsp3) is 0.615. The molecule has 4 nitrogen and oxygen atoms in total. The molecule has 19 heavy (non-hydrogen) atoms. The first-order valence-electron chi connectivity index (χ1n) is 6.29. The average Bonchev–Trinajstić information content (AvgIpc) is 2.94. The van der Waals surface area contributed by atoms with Gasteiger partial charge in [-0.15, -0.1) is 23.7 Å². The van der Waals surface area contributed by atoms with Gasteiger partial charge in [-0.05, 0) is 31.2 Å². The summed E-state index contributed by atoms with van der Waals surface area (Å²) in [6, 6.07) is 4.26. The molecule has 1 fully saturated rings. The lowest BCUT2D eigenvalue weighted by Gasteiger charge is -2.25. The summed E-state index contributed by atoms with van der Waals surface area (Å²) in [5, 5.41) is 14.0. The van der Waals surface area contributed by atoms with Crippen LogP contribution in [0.3, 0.4) is 0 Å². The summed E-state index contributed by atoms with van der Waals surface area (Å²) in [7, 11) is 0. The van der Waals surface area contributed by atoms with Gasteiger partial charge in [0.1, 0.15) is 0 Å². The predicted molar refractivity (Wildman–Crippen MR) is 80.4 cm³/mol. The van der Waals surface area contributed by atoms with Crippen molar-refractivity contribution in [3.63, 3.8) is 0 Å². The maximum absolute atomic E-state index is 10.6. The molecule has 1 aliphatic heterocycles. The van der Waals surface area contributed by atoms with E-state index in [1.54, 1.807) is 11.3 Å². The van der Waals surface area contributed by atoms with Crippen molar-refractivity contribution in [3.05, 3.63) is 22.4 Å². The van der Waals surface area contributed by atoms with E-state index in [1.807, 2.05) is 0 Å². The van der Waals surface area contributed by atoms with Gasteiger partial charge in [0.15, 0.2) is 0 Å². The number of hydrogen-bond donors (Lipinski definition) is 2. The summed E-state index contributed by atoms with van der Waals surface area (Å²) < 4.78 is 0. The monoisotopic (exact) mass is 304 g/mol. The van der Waals surface area contributed by atoms with Crippen LogP contribution in [0.4, 0.5) is 0 Å². The molecular weight excluding hydrogens is 284 g/mol. The summed E-state index contributed by atoms with van der Waals surface area (Å²) in [5.41, 5.74) is -0.0478. The van der Waals surface area contributed by atoms with Crippen LogP contribution in [0, 0.1) is 0 Å². The minimum absolute atomic E-state index is 0. The largest absolute Gasteiger partial charge is 0.480 e. The normalized spacial score (nSPS) is 23.2. The number of aliphatic carboxylic acids is 1. The van der Waals surface area contributed by atoms with Gasteiger partial charge in [0.25, 0.3) is 0 Å². The van der Waals surface area contributed by atoms with Crippen molar-refractivity contribution in [2.45, 2.75) is 25.3 Å². The second-order valence-corrected chi connectivity index (χ2v) is 6.20. The van der Waals surface area contributed by atoms with Crippen molar-refractivity contribution in [1.82, 2.24) is 10.2 Å². The second kappa shape index (κ2) is 7.24. The van der Waals surface area contributed by atoms with Gasteiger partial charge in [-0.25, -0.2) is 0 Å². The Morgan fingerprint density at radius 1 is 1.63 bits per heavy atom. The Kier molecular flexibility index (Phi) is 6.26. The van der Waals surface area contributed by atoms with Gasteiger partial charge in [0.05, 0.1) is 6.54 Å². The Labute approximate surface area is 124 Å². The lowest BCUT2D eigenvalue weighted by molar-refractivity contribution is -0.136. The van der Waals surface area contributed by atoms with E-state index >= 15 is 0 Å². The zero-order valence-corrected chi connectivity index (χ0v) is 12.7. The van der Waals surface area contributed by atoms with E-state index in [0.717, 1.165) is 32.5 Å². The molecule has 2 heterocycles. The molecule has 1 unspecified atom stereocenters. The Bertz CT molecular complexity index is 399. The number of likely N-dealkylation sites (tertiary alicyclic amines) is 1. The number of nitrogens with zero attached hydrogens (tertiary/aromatic N) is 1. The van der Waals surface area contributed by atoms with E-state index in [4.69, 9.17) is 5.11 Å². The quantitative estimate of drug-likeness (QED) is 0.842. The van der Waals surface area contributed by atoms with E-state index in [0.29, 0.717) is 0 Å². The van der Waals surface area contributed by atoms with Crippen LogP contribution in [0.1, 0.15) is 18.2 Å².